The minimum atomic E-state index is -0.224. The third-order valence-electron chi connectivity index (χ3n) is 4.64. The number of nitrogens with one attached hydrogen (secondary N) is 1. The van der Waals surface area contributed by atoms with Crippen molar-refractivity contribution in [1.29, 1.82) is 5.26 Å². The normalized spacial score (nSPS) is 10.5. The van der Waals surface area contributed by atoms with Crippen molar-refractivity contribution in [1.82, 2.24) is 4.90 Å². The molecule has 0 unspecified atom stereocenters. The number of anilines is 1. The Labute approximate surface area is 177 Å². The highest BCUT2D eigenvalue weighted by Crippen LogP contribution is 2.27. The van der Waals surface area contributed by atoms with Gasteiger partial charge in [0.2, 0.25) is 0 Å². The summed E-state index contributed by atoms with van der Waals surface area (Å²) in [5, 5.41) is 12.3. The quantitative estimate of drug-likeness (QED) is 0.552. The number of hydrogen-bond acceptors (Lipinski definition) is 4. The van der Waals surface area contributed by atoms with Gasteiger partial charge in [0.05, 0.1) is 18.2 Å². The molecule has 0 aliphatic carbocycles. The highest BCUT2D eigenvalue weighted by atomic mass is 16.5. The second-order valence-electron chi connectivity index (χ2n) is 7.19. The average Bonchev–Trinajstić information content (AvgIpc) is 2.77. The molecule has 1 N–H and O–H groups in total. The van der Waals surface area contributed by atoms with Gasteiger partial charge in [-0.05, 0) is 62.5 Å². The Morgan fingerprint density at radius 3 is 2.33 bits per heavy atom. The summed E-state index contributed by atoms with van der Waals surface area (Å²) in [4.78, 5) is 15.1. The molecule has 1 amide bonds. The van der Waals surface area contributed by atoms with Gasteiger partial charge in [0, 0.05) is 23.4 Å². The summed E-state index contributed by atoms with van der Waals surface area (Å²) in [6, 6.07) is 24.1. The number of carbonyl (C=O) groups excluding carboxylic acids is 1. The van der Waals surface area contributed by atoms with E-state index in [4.69, 9.17) is 4.74 Å². The molecule has 0 saturated heterocycles. The first kappa shape index (κ1) is 21.1. The van der Waals surface area contributed by atoms with Gasteiger partial charge in [-0.15, -0.1) is 0 Å². The third kappa shape index (κ3) is 5.47. The van der Waals surface area contributed by atoms with Crippen molar-refractivity contribution in [2.24, 2.45) is 0 Å². The molecular weight excluding hydrogens is 374 g/mol. The van der Waals surface area contributed by atoms with Gasteiger partial charge in [-0.2, -0.15) is 5.26 Å². The predicted molar refractivity (Wildman–Crippen MR) is 120 cm³/mol. The second kappa shape index (κ2) is 10.2. The number of ether oxygens (including phenoxy) is 1. The Kier molecular flexibility index (Phi) is 7.20. The molecule has 0 radical (unpaired) electrons. The van der Waals surface area contributed by atoms with Gasteiger partial charge in [-0.25, -0.2) is 0 Å². The first-order chi connectivity index (χ1) is 14.6. The maximum absolute atomic E-state index is 12.9. The number of benzene rings is 3. The smallest absolute Gasteiger partial charge is 0.256 e. The maximum Gasteiger partial charge on any atom is 0.256 e. The van der Waals surface area contributed by atoms with Crippen LogP contribution >= 0.6 is 0 Å². The Morgan fingerprint density at radius 1 is 0.967 bits per heavy atom. The first-order valence-electron chi connectivity index (χ1n) is 9.86. The van der Waals surface area contributed by atoms with Crippen LogP contribution in [0.5, 0.6) is 5.75 Å². The molecule has 0 atom stereocenters. The predicted octanol–water partition coefficient (Wildman–Crippen LogP) is 4.81. The number of amides is 1. The Hall–Kier alpha value is -3.62. The van der Waals surface area contributed by atoms with Crippen molar-refractivity contribution in [2.75, 3.05) is 32.6 Å². The number of carbonyl (C=O) groups is 1. The molecule has 0 fully saturated rings. The molecule has 5 nitrogen and oxygen atoms in total. The third-order valence-corrected chi connectivity index (χ3v) is 4.64. The van der Waals surface area contributed by atoms with E-state index in [9.17, 15) is 10.1 Å². The molecule has 0 bridgehead atoms. The molecule has 0 saturated carbocycles. The summed E-state index contributed by atoms with van der Waals surface area (Å²) in [6.45, 7) is 1.62. The van der Waals surface area contributed by atoms with Crippen LogP contribution in [0.3, 0.4) is 0 Å². The Bertz CT molecular complexity index is 1040. The van der Waals surface area contributed by atoms with Crippen molar-refractivity contribution in [2.45, 2.75) is 6.42 Å². The van der Waals surface area contributed by atoms with E-state index in [1.54, 1.807) is 12.1 Å². The molecule has 5 heteroatoms. The monoisotopic (exact) mass is 399 g/mol. The van der Waals surface area contributed by atoms with Gasteiger partial charge in [-0.3, -0.25) is 4.79 Å². The molecule has 0 heterocycles. The number of nitriles is 1. The summed E-state index contributed by atoms with van der Waals surface area (Å²) in [6.07, 6.45) is 0.951. The van der Waals surface area contributed by atoms with Crippen LogP contribution in [-0.2, 0) is 0 Å². The van der Waals surface area contributed by atoms with Crippen LogP contribution in [0.1, 0.15) is 22.3 Å². The molecule has 0 spiro atoms. The van der Waals surface area contributed by atoms with Gasteiger partial charge in [0.25, 0.3) is 5.91 Å². The molecule has 152 valence electrons. The van der Waals surface area contributed by atoms with Crippen molar-refractivity contribution in [3.63, 3.8) is 0 Å². The van der Waals surface area contributed by atoms with Crippen molar-refractivity contribution in [3.8, 4) is 22.9 Å². The minimum Gasteiger partial charge on any atom is -0.494 e. The number of nitrogens with zero attached hydrogens (tertiary/aromatic N) is 2. The summed E-state index contributed by atoms with van der Waals surface area (Å²) < 4.78 is 5.73. The summed E-state index contributed by atoms with van der Waals surface area (Å²) >= 11 is 0. The zero-order chi connectivity index (χ0) is 21.3. The molecule has 3 aromatic rings. The SMILES string of the molecule is CN(C)CCCOc1ccc(NC(=O)c2ccccc2-c2ccccc2C#N)cc1. The van der Waals surface area contributed by atoms with Crippen molar-refractivity contribution < 1.29 is 9.53 Å². The van der Waals surface area contributed by atoms with Gasteiger partial charge >= 0.3 is 0 Å². The van der Waals surface area contributed by atoms with E-state index in [0.717, 1.165) is 29.8 Å². The van der Waals surface area contributed by atoms with Crippen LogP contribution in [0.15, 0.2) is 72.8 Å². The lowest BCUT2D eigenvalue weighted by Gasteiger charge is -2.12. The molecular formula is C25H25N3O2. The van der Waals surface area contributed by atoms with E-state index in [-0.39, 0.29) is 5.91 Å². The lowest BCUT2D eigenvalue weighted by molar-refractivity contribution is 0.102. The fourth-order valence-electron chi connectivity index (χ4n) is 3.14. The van der Waals surface area contributed by atoms with Crippen molar-refractivity contribution in [3.05, 3.63) is 83.9 Å². The van der Waals surface area contributed by atoms with E-state index in [1.807, 2.05) is 74.8 Å². The van der Waals surface area contributed by atoms with Crippen LogP contribution in [0.2, 0.25) is 0 Å². The highest BCUT2D eigenvalue weighted by Gasteiger charge is 2.15. The first-order valence-corrected chi connectivity index (χ1v) is 9.86. The lowest BCUT2D eigenvalue weighted by Crippen LogP contribution is -2.15. The molecule has 30 heavy (non-hydrogen) atoms. The molecule has 0 aliphatic rings. The van der Waals surface area contributed by atoms with E-state index in [1.165, 1.54) is 0 Å². The minimum absolute atomic E-state index is 0.224. The highest BCUT2D eigenvalue weighted by molar-refractivity contribution is 6.09. The zero-order valence-electron chi connectivity index (χ0n) is 17.3. The lowest BCUT2D eigenvalue weighted by atomic mass is 9.95. The van der Waals surface area contributed by atoms with Crippen molar-refractivity contribution >= 4 is 11.6 Å². The van der Waals surface area contributed by atoms with Crippen LogP contribution in [0.4, 0.5) is 5.69 Å². The summed E-state index contributed by atoms with van der Waals surface area (Å²) in [7, 11) is 4.07. The van der Waals surface area contributed by atoms with Gasteiger partial charge in [0.15, 0.2) is 0 Å². The zero-order valence-corrected chi connectivity index (χ0v) is 17.3. The fraction of sp³-hybridized carbons (Fsp3) is 0.200. The number of hydrogen-bond donors (Lipinski definition) is 1. The largest absolute Gasteiger partial charge is 0.494 e. The second-order valence-corrected chi connectivity index (χ2v) is 7.19. The van der Waals surface area contributed by atoms with Crippen LogP contribution in [-0.4, -0.2) is 38.1 Å². The fourth-order valence-corrected chi connectivity index (χ4v) is 3.14. The average molecular weight is 399 g/mol. The van der Waals surface area contributed by atoms with Gasteiger partial charge < -0.3 is 15.0 Å². The number of rotatable bonds is 8. The van der Waals surface area contributed by atoms with E-state index in [0.29, 0.717) is 23.4 Å². The van der Waals surface area contributed by atoms with Crippen LogP contribution < -0.4 is 10.1 Å². The summed E-state index contributed by atoms with van der Waals surface area (Å²) in [5.74, 6) is 0.549. The Balaban J connectivity index is 1.71. The molecule has 0 aromatic heterocycles. The van der Waals surface area contributed by atoms with Crippen LogP contribution in [0.25, 0.3) is 11.1 Å². The molecule has 3 aromatic carbocycles. The van der Waals surface area contributed by atoms with Crippen LogP contribution in [0, 0.1) is 11.3 Å². The topological polar surface area (TPSA) is 65.4 Å². The maximum atomic E-state index is 12.9. The summed E-state index contributed by atoms with van der Waals surface area (Å²) in [5.41, 5.74) is 3.21. The standard InChI is InChI=1S/C25H25N3O2/c1-28(2)16-7-17-30-21-14-12-20(13-15-21)27-25(29)24-11-6-5-10-23(24)22-9-4-3-8-19(22)18-26/h3-6,8-15H,7,16-17H2,1-2H3,(H,27,29). The Morgan fingerprint density at radius 2 is 1.63 bits per heavy atom. The van der Waals surface area contributed by atoms with Gasteiger partial charge in [0.1, 0.15) is 5.75 Å². The van der Waals surface area contributed by atoms with E-state index in [2.05, 4.69) is 16.3 Å². The van der Waals surface area contributed by atoms with E-state index >= 15 is 0 Å². The van der Waals surface area contributed by atoms with E-state index < -0.39 is 0 Å². The molecule has 3 rings (SSSR count). The van der Waals surface area contributed by atoms with Gasteiger partial charge in [-0.1, -0.05) is 36.4 Å². The molecule has 0 aliphatic heterocycles.